The van der Waals surface area contributed by atoms with Crippen LogP contribution in [0.5, 0.6) is 0 Å². The number of hydrogen-bond donors (Lipinski definition) is 0. The monoisotopic (exact) mass is 311 g/mol. The van der Waals surface area contributed by atoms with Crippen molar-refractivity contribution in [2.45, 2.75) is 5.60 Å². The van der Waals surface area contributed by atoms with Gasteiger partial charge in [-0.05, 0) is 28.1 Å². The van der Waals surface area contributed by atoms with Gasteiger partial charge in [0, 0.05) is 12.4 Å². The van der Waals surface area contributed by atoms with Gasteiger partial charge in [0.1, 0.15) is 6.33 Å². The Morgan fingerprint density at radius 2 is 2.12 bits per heavy atom. The summed E-state index contributed by atoms with van der Waals surface area (Å²) < 4.78 is 6.38. The third kappa shape index (κ3) is 1.84. The summed E-state index contributed by atoms with van der Waals surface area (Å²) in [7, 11) is 0. The Hall–Kier alpha value is -1.04. The van der Waals surface area contributed by atoms with Crippen LogP contribution in [0.1, 0.15) is 11.4 Å². The molecule has 0 aromatic carbocycles. The van der Waals surface area contributed by atoms with Gasteiger partial charge in [0.15, 0.2) is 5.60 Å². The summed E-state index contributed by atoms with van der Waals surface area (Å²) in [6.45, 7) is 0.567. The van der Waals surface area contributed by atoms with Gasteiger partial charge in [-0.15, -0.1) is 0 Å². The molecule has 17 heavy (non-hydrogen) atoms. The van der Waals surface area contributed by atoms with Crippen LogP contribution in [0.4, 0.5) is 0 Å². The van der Waals surface area contributed by atoms with E-state index in [1.165, 1.54) is 6.33 Å². The Morgan fingerprint density at radius 3 is 2.71 bits per heavy atom. The first-order valence-corrected chi connectivity index (χ1v) is 6.11. The quantitative estimate of drug-likeness (QED) is 0.800. The number of aromatic nitrogens is 3. The van der Waals surface area contributed by atoms with Crippen molar-refractivity contribution in [2.75, 3.05) is 6.61 Å². The first-order valence-electron chi connectivity index (χ1n) is 4.94. The molecule has 0 bridgehead atoms. The van der Waals surface area contributed by atoms with Gasteiger partial charge in [0.05, 0.1) is 27.5 Å². The molecule has 2 aromatic rings. The predicted octanol–water partition coefficient (Wildman–Crippen LogP) is 2.56. The fourth-order valence-corrected chi connectivity index (χ4v) is 2.36. The molecule has 0 aliphatic carbocycles. The number of ether oxygens (including phenoxy) is 1. The molecule has 2 aromatic heterocycles. The van der Waals surface area contributed by atoms with Gasteiger partial charge in [-0.2, -0.15) is 0 Å². The number of epoxide rings is 1. The highest BCUT2D eigenvalue weighted by Crippen LogP contribution is 2.45. The Bertz CT molecular complexity index is 557. The summed E-state index contributed by atoms with van der Waals surface area (Å²) >= 11 is 9.25. The zero-order valence-corrected chi connectivity index (χ0v) is 10.9. The lowest BCUT2D eigenvalue weighted by Crippen LogP contribution is -2.15. The topological polar surface area (TPSA) is 51.2 Å². The maximum atomic E-state index is 5.82. The molecular weight excluding hydrogens is 305 g/mol. The van der Waals surface area contributed by atoms with E-state index in [0.717, 1.165) is 15.9 Å². The van der Waals surface area contributed by atoms with Gasteiger partial charge < -0.3 is 4.74 Å². The number of rotatable bonds is 2. The SMILES string of the molecule is Clc1ccc(C2(c3ncncc3Br)CO2)nc1. The van der Waals surface area contributed by atoms with Crippen LogP contribution < -0.4 is 0 Å². The average Bonchev–Trinajstić information content (AvgIpc) is 3.12. The molecule has 1 atom stereocenters. The van der Waals surface area contributed by atoms with Crippen molar-refractivity contribution >= 4 is 27.5 Å². The van der Waals surface area contributed by atoms with Crippen molar-refractivity contribution in [3.05, 3.63) is 51.7 Å². The lowest BCUT2D eigenvalue weighted by molar-refractivity contribution is 0.337. The lowest BCUT2D eigenvalue weighted by atomic mass is 10.0. The second kappa shape index (κ2) is 4.01. The van der Waals surface area contributed by atoms with Crippen LogP contribution in [0.2, 0.25) is 5.02 Å². The molecule has 6 heteroatoms. The summed E-state index contributed by atoms with van der Waals surface area (Å²) in [6, 6.07) is 3.65. The molecule has 4 nitrogen and oxygen atoms in total. The van der Waals surface area contributed by atoms with E-state index in [4.69, 9.17) is 16.3 Å². The zero-order valence-electron chi connectivity index (χ0n) is 8.60. The van der Waals surface area contributed by atoms with Gasteiger partial charge >= 0.3 is 0 Å². The Morgan fingerprint density at radius 1 is 1.29 bits per heavy atom. The highest BCUT2D eigenvalue weighted by molar-refractivity contribution is 9.10. The van der Waals surface area contributed by atoms with E-state index < -0.39 is 5.60 Å². The van der Waals surface area contributed by atoms with Crippen molar-refractivity contribution in [1.82, 2.24) is 15.0 Å². The van der Waals surface area contributed by atoms with Gasteiger partial charge in [-0.1, -0.05) is 11.6 Å². The molecule has 1 aliphatic rings. The fraction of sp³-hybridized carbons (Fsp3) is 0.182. The molecule has 1 fully saturated rings. The van der Waals surface area contributed by atoms with Gasteiger partial charge in [0.25, 0.3) is 0 Å². The summed E-state index contributed by atoms with van der Waals surface area (Å²) in [5.74, 6) is 0. The third-order valence-corrected chi connectivity index (χ3v) is 3.43. The van der Waals surface area contributed by atoms with Crippen molar-refractivity contribution < 1.29 is 4.74 Å². The molecule has 0 radical (unpaired) electrons. The van der Waals surface area contributed by atoms with Crippen LogP contribution in [-0.2, 0) is 10.3 Å². The fourth-order valence-electron chi connectivity index (χ4n) is 1.70. The molecular formula is C11H7BrClN3O. The number of nitrogens with zero attached hydrogens (tertiary/aromatic N) is 3. The third-order valence-electron chi connectivity index (χ3n) is 2.62. The van der Waals surface area contributed by atoms with E-state index in [1.54, 1.807) is 18.5 Å². The molecule has 0 N–H and O–H groups in total. The number of halogens is 2. The van der Waals surface area contributed by atoms with E-state index >= 15 is 0 Å². The van der Waals surface area contributed by atoms with Gasteiger partial charge in [0.2, 0.25) is 0 Å². The molecule has 1 aliphatic heterocycles. The van der Waals surface area contributed by atoms with E-state index in [-0.39, 0.29) is 0 Å². The highest BCUT2D eigenvalue weighted by Gasteiger charge is 2.52. The van der Waals surface area contributed by atoms with Crippen LogP contribution >= 0.6 is 27.5 Å². The summed E-state index contributed by atoms with van der Waals surface area (Å²) in [5.41, 5.74) is 1.05. The maximum Gasteiger partial charge on any atom is 0.176 e. The predicted molar refractivity (Wildman–Crippen MR) is 65.7 cm³/mol. The normalized spacial score (nSPS) is 22.5. The molecule has 1 saturated heterocycles. The molecule has 0 spiro atoms. The first-order chi connectivity index (χ1) is 8.22. The minimum Gasteiger partial charge on any atom is -0.356 e. The van der Waals surface area contributed by atoms with Crippen molar-refractivity contribution in [3.8, 4) is 0 Å². The van der Waals surface area contributed by atoms with Crippen LogP contribution in [0.3, 0.4) is 0 Å². The van der Waals surface area contributed by atoms with E-state index in [0.29, 0.717) is 11.6 Å². The molecule has 86 valence electrons. The Kier molecular flexibility index (Phi) is 2.61. The minimum atomic E-state index is -0.549. The lowest BCUT2D eigenvalue weighted by Gasteiger charge is -2.11. The molecule has 3 heterocycles. The van der Waals surface area contributed by atoms with Crippen LogP contribution in [-0.4, -0.2) is 21.6 Å². The highest BCUT2D eigenvalue weighted by atomic mass is 79.9. The standard InChI is InChI=1S/C11H7BrClN3O/c12-8-4-14-6-16-10(8)11(5-17-11)9-2-1-7(13)3-15-9/h1-4,6H,5H2. The average molecular weight is 313 g/mol. The summed E-state index contributed by atoms with van der Waals surface area (Å²) in [4.78, 5) is 12.5. The smallest absolute Gasteiger partial charge is 0.176 e. The second-order valence-corrected chi connectivity index (χ2v) is 4.99. The van der Waals surface area contributed by atoms with Crippen LogP contribution in [0.25, 0.3) is 0 Å². The van der Waals surface area contributed by atoms with Crippen molar-refractivity contribution in [1.29, 1.82) is 0 Å². The van der Waals surface area contributed by atoms with Gasteiger partial charge in [-0.25, -0.2) is 9.97 Å². The first kappa shape index (κ1) is 11.1. The molecule has 0 saturated carbocycles. The molecule has 3 rings (SSSR count). The second-order valence-electron chi connectivity index (χ2n) is 3.70. The van der Waals surface area contributed by atoms with E-state index in [2.05, 4.69) is 30.9 Å². The summed E-state index contributed by atoms with van der Waals surface area (Å²) in [6.07, 6.45) is 4.80. The largest absolute Gasteiger partial charge is 0.356 e. The Labute approximate surface area is 111 Å². The van der Waals surface area contributed by atoms with E-state index in [1.807, 2.05) is 6.07 Å². The zero-order chi connectivity index (χ0) is 11.9. The van der Waals surface area contributed by atoms with Crippen molar-refractivity contribution in [2.24, 2.45) is 0 Å². The van der Waals surface area contributed by atoms with Crippen LogP contribution in [0.15, 0.2) is 35.3 Å². The summed E-state index contributed by atoms with van der Waals surface area (Å²) in [5, 5.41) is 0.603. The minimum absolute atomic E-state index is 0.549. The van der Waals surface area contributed by atoms with Crippen molar-refractivity contribution in [3.63, 3.8) is 0 Å². The number of pyridine rings is 1. The molecule has 1 unspecified atom stereocenters. The Balaban J connectivity index is 2.08. The number of hydrogen-bond acceptors (Lipinski definition) is 4. The van der Waals surface area contributed by atoms with E-state index in [9.17, 15) is 0 Å². The maximum absolute atomic E-state index is 5.82. The van der Waals surface area contributed by atoms with Gasteiger partial charge in [-0.3, -0.25) is 4.98 Å². The van der Waals surface area contributed by atoms with Crippen LogP contribution in [0, 0.1) is 0 Å². The molecule has 0 amide bonds.